The molecular weight excluding hydrogens is 326 g/mol. The van der Waals surface area contributed by atoms with E-state index in [1.54, 1.807) is 0 Å². The van der Waals surface area contributed by atoms with Gasteiger partial charge < -0.3 is 14.8 Å². The van der Waals surface area contributed by atoms with Crippen molar-refractivity contribution in [2.45, 2.75) is 32.6 Å². The molecule has 2 aromatic rings. The molecule has 1 aliphatic rings. The van der Waals surface area contributed by atoms with Crippen LogP contribution in [0.1, 0.15) is 29.5 Å². The molecule has 0 atom stereocenters. The van der Waals surface area contributed by atoms with E-state index < -0.39 is 0 Å². The molecule has 0 radical (unpaired) electrons. The van der Waals surface area contributed by atoms with Gasteiger partial charge in [0.2, 0.25) is 11.8 Å². The quantitative estimate of drug-likeness (QED) is 0.898. The van der Waals surface area contributed by atoms with Crippen LogP contribution in [0, 0.1) is 6.92 Å². The van der Waals surface area contributed by atoms with E-state index in [-0.39, 0.29) is 11.8 Å². The fraction of sp³-hybridized carbons (Fsp3) is 0.429. The second-order valence-corrected chi connectivity index (χ2v) is 7.00. The molecule has 2 amide bonds. The van der Waals surface area contributed by atoms with E-state index in [9.17, 15) is 9.59 Å². The molecule has 0 bridgehead atoms. The predicted octanol–water partition coefficient (Wildman–Crippen LogP) is 2.56. The molecule has 1 saturated heterocycles. The first kappa shape index (κ1) is 18.2. The predicted molar refractivity (Wildman–Crippen MR) is 102 cm³/mol. The number of aryl methyl sites for hydroxylation is 2. The summed E-state index contributed by atoms with van der Waals surface area (Å²) in [7, 11) is 0. The number of benzene rings is 1. The van der Waals surface area contributed by atoms with Crippen molar-refractivity contribution in [1.82, 2.24) is 14.8 Å². The number of amides is 2. The highest BCUT2D eigenvalue weighted by Gasteiger charge is 2.22. The van der Waals surface area contributed by atoms with Crippen LogP contribution in [-0.2, 0) is 22.4 Å². The highest BCUT2D eigenvalue weighted by atomic mass is 16.2. The molecule has 138 valence electrons. The lowest BCUT2D eigenvalue weighted by molar-refractivity contribution is -0.133. The SMILES string of the molecule is Cc1ccc(CCC(=O)N2CCCN(C(=O)Cc3cc[nH]c3)CC2)cc1. The van der Waals surface area contributed by atoms with Crippen molar-refractivity contribution >= 4 is 11.8 Å². The molecule has 2 heterocycles. The van der Waals surface area contributed by atoms with E-state index in [0.717, 1.165) is 31.5 Å². The van der Waals surface area contributed by atoms with Crippen LogP contribution < -0.4 is 0 Å². The summed E-state index contributed by atoms with van der Waals surface area (Å²) in [6, 6.07) is 10.3. The minimum Gasteiger partial charge on any atom is -0.367 e. The largest absolute Gasteiger partial charge is 0.367 e. The number of hydrogen-bond acceptors (Lipinski definition) is 2. The smallest absolute Gasteiger partial charge is 0.227 e. The van der Waals surface area contributed by atoms with Crippen LogP contribution in [0.2, 0.25) is 0 Å². The Hall–Kier alpha value is -2.56. The molecule has 0 aliphatic carbocycles. The molecule has 1 N–H and O–H groups in total. The van der Waals surface area contributed by atoms with Crippen molar-refractivity contribution in [3.63, 3.8) is 0 Å². The Balaban J connectivity index is 1.47. The first-order chi connectivity index (χ1) is 12.6. The van der Waals surface area contributed by atoms with Gasteiger partial charge in [0.15, 0.2) is 0 Å². The summed E-state index contributed by atoms with van der Waals surface area (Å²) in [5, 5.41) is 0. The van der Waals surface area contributed by atoms with Crippen LogP contribution in [0.15, 0.2) is 42.7 Å². The topological polar surface area (TPSA) is 56.4 Å². The van der Waals surface area contributed by atoms with Crippen LogP contribution in [0.5, 0.6) is 0 Å². The molecule has 1 aliphatic heterocycles. The van der Waals surface area contributed by atoms with E-state index in [4.69, 9.17) is 0 Å². The zero-order chi connectivity index (χ0) is 18.4. The maximum absolute atomic E-state index is 12.5. The van der Waals surface area contributed by atoms with Crippen molar-refractivity contribution in [3.8, 4) is 0 Å². The van der Waals surface area contributed by atoms with Crippen LogP contribution in [0.4, 0.5) is 0 Å². The number of aromatic amines is 1. The van der Waals surface area contributed by atoms with Crippen molar-refractivity contribution in [1.29, 1.82) is 0 Å². The van der Waals surface area contributed by atoms with Gasteiger partial charge in [0.05, 0.1) is 6.42 Å². The maximum atomic E-state index is 12.5. The van der Waals surface area contributed by atoms with Gasteiger partial charge in [0.25, 0.3) is 0 Å². The van der Waals surface area contributed by atoms with E-state index in [1.165, 1.54) is 11.1 Å². The van der Waals surface area contributed by atoms with Gasteiger partial charge in [-0.2, -0.15) is 0 Å². The van der Waals surface area contributed by atoms with E-state index in [2.05, 4.69) is 36.2 Å². The number of nitrogens with zero attached hydrogens (tertiary/aromatic N) is 2. The van der Waals surface area contributed by atoms with Gasteiger partial charge in [-0.3, -0.25) is 9.59 Å². The standard InChI is InChI=1S/C21H27N3O2/c1-17-3-5-18(6-4-17)7-8-20(25)23-11-2-12-24(14-13-23)21(26)15-19-9-10-22-16-19/h3-6,9-10,16,22H,2,7-8,11-15H2,1H3. The summed E-state index contributed by atoms with van der Waals surface area (Å²) >= 11 is 0. The minimum atomic E-state index is 0.138. The van der Waals surface area contributed by atoms with Gasteiger partial charge >= 0.3 is 0 Å². The molecule has 1 fully saturated rings. The van der Waals surface area contributed by atoms with Gasteiger partial charge in [-0.25, -0.2) is 0 Å². The Kier molecular flexibility index (Phi) is 6.10. The summed E-state index contributed by atoms with van der Waals surface area (Å²) in [6.45, 7) is 4.78. The van der Waals surface area contributed by atoms with Crippen LogP contribution >= 0.6 is 0 Å². The molecule has 3 rings (SSSR count). The van der Waals surface area contributed by atoms with Crippen molar-refractivity contribution in [2.24, 2.45) is 0 Å². The van der Waals surface area contributed by atoms with Gasteiger partial charge in [-0.15, -0.1) is 0 Å². The van der Waals surface area contributed by atoms with Crippen LogP contribution in [0.25, 0.3) is 0 Å². The summed E-state index contributed by atoms with van der Waals surface area (Å²) in [6.07, 6.45) is 6.25. The van der Waals surface area contributed by atoms with E-state index in [1.807, 2.05) is 28.3 Å². The lowest BCUT2D eigenvalue weighted by Crippen LogP contribution is -2.38. The Morgan fingerprint density at radius 3 is 2.27 bits per heavy atom. The molecule has 1 aromatic heterocycles. The number of hydrogen-bond donors (Lipinski definition) is 1. The van der Waals surface area contributed by atoms with Gasteiger partial charge in [0, 0.05) is 45.0 Å². The lowest BCUT2D eigenvalue weighted by Gasteiger charge is -2.22. The molecule has 1 aromatic carbocycles. The van der Waals surface area contributed by atoms with Crippen molar-refractivity contribution in [3.05, 3.63) is 59.4 Å². The number of carbonyl (C=O) groups is 2. The molecule has 0 saturated carbocycles. The zero-order valence-corrected chi connectivity index (χ0v) is 15.4. The number of carbonyl (C=O) groups excluding carboxylic acids is 2. The average Bonchev–Trinajstić information content (AvgIpc) is 3.02. The number of nitrogens with one attached hydrogen (secondary N) is 1. The third-order valence-electron chi connectivity index (χ3n) is 4.97. The molecule has 0 unspecified atom stereocenters. The molecule has 5 heteroatoms. The second kappa shape index (κ2) is 8.70. The third-order valence-corrected chi connectivity index (χ3v) is 4.97. The summed E-state index contributed by atoms with van der Waals surface area (Å²) in [5.74, 6) is 0.323. The number of aromatic nitrogens is 1. The second-order valence-electron chi connectivity index (χ2n) is 7.00. The van der Waals surface area contributed by atoms with Crippen molar-refractivity contribution < 1.29 is 9.59 Å². The Bertz CT molecular complexity index is 722. The first-order valence-electron chi connectivity index (χ1n) is 9.34. The van der Waals surface area contributed by atoms with Crippen LogP contribution in [0.3, 0.4) is 0 Å². The summed E-state index contributed by atoms with van der Waals surface area (Å²) < 4.78 is 0. The van der Waals surface area contributed by atoms with Crippen LogP contribution in [-0.4, -0.2) is 52.8 Å². The van der Waals surface area contributed by atoms with E-state index >= 15 is 0 Å². The van der Waals surface area contributed by atoms with E-state index in [0.29, 0.717) is 25.9 Å². The average molecular weight is 353 g/mol. The fourth-order valence-electron chi connectivity index (χ4n) is 3.34. The Morgan fingerprint density at radius 2 is 1.62 bits per heavy atom. The molecule has 5 nitrogen and oxygen atoms in total. The minimum absolute atomic E-state index is 0.138. The molecular formula is C21H27N3O2. The Morgan fingerprint density at radius 1 is 0.923 bits per heavy atom. The molecule has 0 spiro atoms. The Labute approximate surface area is 155 Å². The van der Waals surface area contributed by atoms with Gasteiger partial charge in [0.1, 0.15) is 0 Å². The summed E-state index contributed by atoms with van der Waals surface area (Å²) in [5.41, 5.74) is 3.43. The number of H-pyrrole nitrogens is 1. The van der Waals surface area contributed by atoms with Gasteiger partial charge in [-0.05, 0) is 37.0 Å². The fourth-order valence-corrected chi connectivity index (χ4v) is 3.34. The monoisotopic (exact) mass is 353 g/mol. The van der Waals surface area contributed by atoms with Crippen molar-refractivity contribution in [2.75, 3.05) is 26.2 Å². The zero-order valence-electron chi connectivity index (χ0n) is 15.4. The third kappa shape index (κ3) is 4.97. The number of rotatable bonds is 5. The van der Waals surface area contributed by atoms with Gasteiger partial charge in [-0.1, -0.05) is 29.8 Å². The normalized spacial score (nSPS) is 15.0. The maximum Gasteiger partial charge on any atom is 0.227 e. The highest BCUT2D eigenvalue weighted by molar-refractivity contribution is 5.79. The highest BCUT2D eigenvalue weighted by Crippen LogP contribution is 2.11. The lowest BCUT2D eigenvalue weighted by atomic mass is 10.1. The summed E-state index contributed by atoms with van der Waals surface area (Å²) in [4.78, 5) is 31.8. The molecule has 26 heavy (non-hydrogen) atoms. The first-order valence-corrected chi connectivity index (χ1v) is 9.34.